The van der Waals surface area contributed by atoms with Crippen LogP contribution >= 0.6 is 0 Å². The monoisotopic (exact) mass is 468 g/mol. The van der Waals surface area contributed by atoms with E-state index in [2.05, 4.69) is 0 Å². The molecule has 0 atom stereocenters. The number of hydrogen-bond acceptors (Lipinski definition) is 2. The molecule has 0 unspecified atom stereocenters. The average molecular weight is 469 g/mol. The molecular formula is C34H20O2. The molecule has 2 heterocycles. The van der Waals surface area contributed by atoms with E-state index in [0.29, 0.717) is 33.3 Å². The summed E-state index contributed by atoms with van der Waals surface area (Å²) in [6.07, 6.45) is 0. The van der Waals surface area contributed by atoms with Crippen LogP contribution in [-0.4, -0.2) is 0 Å². The molecule has 0 N–H and O–H groups in total. The molecule has 6 aromatic carbocycles. The fraction of sp³-hybridized carbons (Fsp3) is 0. The average Bonchev–Trinajstić information content (AvgIpc) is 3.64. The molecule has 0 saturated carbocycles. The van der Waals surface area contributed by atoms with Crippen molar-refractivity contribution in [3.8, 4) is 22.5 Å². The van der Waals surface area contributed by atoms with Gasteiger partial charge in [0.15, 0.2) is 0 Å². The van der Waals surface area contributed by atoms with Gasteiger partial charge < -0.3 is 8.83 Å². The van der Waals surface area contributed by atoms with Crippen molar-refractivity contribution in [2.45, 2.75) is 0 Å². The summed E-state index contributed by atoms with van der Waals surface area (Å²) in [5.41, 5.74) is 2.87. The molecule has 0 bridgehead atoms. The third kappa shape index (κ3) is 2.67. The molecule has 0 saturated heterocycles. The fourth-order valence-electron chi connectivity index (χ4n) is 5.22. The molecule has 0 aliphatic rings. The maximum atomic E-state index is 9.08. The molecule has 0 radical (unpaired) electrons. The number of fused-ring (bicyclic) bond motifs is 7. The van der Waals surface area contributed by atoms with E-state index in [1.165, 1.54) is 0 Å². The molecule has 0 fully saturated rings. The summed E-state index contributed by atoms with van der Waals surface area (Å²) in [4.78, 5) is 0. The van der Waals surface area contributed by atoms with E-state index in [-0.39, 0.29) is 57.0 Å². The van der Waals surface area contributed by atoms with Gasteiger partial charge >= 0.3 is 0 Å². The van der Waals surface area contributed by atoms with Crippen LogP contribution in [0.1, 0.15) is 11.0 Å². The van der Waals surface area contributed by atoms with Crippen LogP contribution in [-0.2, 0) is 0 Å². The van der Waals surface area contributed by atoms with Crippen molar-refractivity contribution in [1.82, 2.24) is 0 Å². The third-order valence-electron chi connectivity index (χ3n) is 6.72. The Labute approximate surface area is 218 Å². The minimum Gasteiger partial charge on any atom is -0.456 e. The number of rotatable bonds is 2. The lowest BCUT2D eigenvalue weighted by Gasteiger charge is -2.16. The van der Waals surface area contributed by atoms with Crippen LogP contribution in [0.15, 0.2) is 130 Å². The second kappa shape index (κ2) is 7.34. The highest BCUT2D eigenvalue weighted by Crippen LogP contribution is 2.46. The molecule has 0 amide bonds. The molecule has 36 heavy (non-hydrogen) atoms. The van der Waals surface area contributed by atoms with E-state index in [9.17, 15) is 0 Å². The zero-order chi connectivity index (χ0) is 30.6. The molecule has 2 aromatic heterocycles. The van der Waals surface area contributed by atoms with Crippen molar-refractivity contribution in [2.24, 2.45) is 0 Å². The second-order valence-corrected chi connectivity index (χ2v) is 8.68. The molecule has 2 nitrogen and oxygen atoms in total. The van der Waals surface area contributed by atoms with E-state index in [1.807, 2.05) is 30.3 Å². The van der Waals surface area contributed by atoms with Gasteiger partial charge in [-0.1, -0.05) is 96.9 Å². The summed E-state index contributed by atoms with van der Waals surface area (Å²) in [5, 5.41) is 2.91. The first-order chi connectivity index (χ1) is 21.2. The van der Waals surface area contributed by atoms with Crippen molar-refractivity contribution in [2.75, 3.05) is 0 Å². The number of hydrogen-bond donors (Lipinski definition) is 0. The largest absolute Gasteiger partial charge is 0.456 e. The molecule has 2 heteroatoms. The summed E-state index contributed by atoms with van der Waals surface area (Å²) in [6, 6.07) is 18.7. The first kappa shape index (κ1) is 13.3. The fourth-order valence-corrected chi connectivity index (χ4v) is 5.22. The minimum atomic E-state index is -0.456. The molecule has 8 aromatic rings. The Bertz CT molecular complexity index is 2450. The lowest BCUT2D eigenvalue weighted by Crippen LogP contribution is -1.89. The minimum absolute atomic E-state index is 0.111. The predicted octanol–water partition coefficient (Wildman–Crippen LogP) is 9.97. The Hall–Kier alpha value is -4.82. The van der Waals surface area contributed by atoms with E-state index in [1.54, 1.807) is 42.5 Å². The summed E-state index contributed by atoms with van der Waals surface area (Å²) < 4.78 is 82.9. The van der Waals surface area contributed by atoms with Crippen LogP contribution in [0.25, 0.3) is 76.9 Å². The van der Waals surface area contributed by atoms with Crippen molar-refractivity contribution >= 4 is 54.5 Å². The van der Waals surface area contributed by atoms with E-state index in [0.717, 1.165) is 10.8 Å². The van der Waals surface area contributed by atoms with Crippen LogP contribution in [0.2, 0.25) is 0 Å². The second-order valence-electron chi connectivity index (χ2n) is 8.68. The van der Waals surface area contributed by atoms with E-state index < -0.39 is 24.2 Å². The van der Waals surface area contributed by atoms with Crippen molar-refractivity contribution in [1.29, 1.82) is 0 Å². The highest BCUT2D eigenvalue weighted by Gasteiger charge is 2.20. The third-order valence-corrected chi connectivity index (χ3v) is 6.72. The van der Waals surface area contributed by atoms with Gasteiger partial charge in [0.2, 0.25) is 0 Å². The van der Waals surface area contributed by atoms with Crippen molar-refractivity contribution < 1.29 is 19.8 Å². The van der Waals surface area contributed by atoms with Gasteiger partial charge in [0.25, 0.3) is 0 Å². The molecule has 168 valence electrons. The maximum absolute atomic E-state index is 9.08. The van der Waals surface area contributed by atoms with Gasteiger partial charge in [-0.15, -0.1) is 0 Å². The molecule has 0 spiro atoms. The number of furan rings is 2. The normalized spacial score (nSPS) is 15.0. The van der Waals surface area contributed by atoms with Gasteiger partial charge in [-0.3, -0.25) is 0 Å². The van der Waals surface area contributed by atoms with Gasteiger partial charge in [-0.2, -0.15) is 0 Å². The Kier molecular flexibility index (Phi) is 2.71. The Balaban J connectivity index is 1.66. The van der Waals surface area contributed by atoms with Crippen molar-refractivity contribution in [3.05, 3.63) is 121 Å². The van der Waals surface area contributed by atoms with Crippen LogP contribution in [0, 0.1) is 0 Å². The summed E-state index contributed by atoms with van der Waals surface area (Å²) in [5.74, 6) is 0.211. The van der Waals surface area contributed by atoms with Crippen LogP contribution in [0.3, 0.4) is 0 Å². The first-order valence-corrected chi connectivity index (χ1v) is 11.5. The molecular weight excluding hydrogens is 440 g/mol. The van der Waals surface area contributed by atoms with Gasteiger partial charge in [-0.25, -0.2) is 0 Å². The summed E-state index contributed by atoms with van der Waals surface area (Å²) in [6.45, 7) is 0. The maximum Gasteiger partial charge on any atom is 0.136 e. The Morgan fingerprint density at radius 3 is 1.78 bits per heavy atom. The number of benzene rings is 6. The van der Waals surface area contributed by atoms with Gasteiger partial charge in [-0.05, 0) is 56.9 Å². The zero-order valence-electron chi connectivity index (χ0n) is 26.7. The number of para-hydroxylation sites is 1. The van der Waals surface area contributed by atoms with E-state index in [4.69, 9.17) is 19.8 Å². The van der Waals surface area contributed by atoms with Gasteiger partial charge in [0.05, 0.1) is 11.0 Å². The lowest BCUT2D eigenvalue weighted by atomic mass is 9.87. The zero-order valence-corrected chi connectivity index (χ0v) is 18.7. The molecule has 8 rings (SSSR count). The summed E-state index contributed by atoms with van der Waals surface area (Å²) in [7, 11) is 0. The van der Waals surface area contributed by atoms with Crippen LogP contribution in [0.5, 0.6) is 0 Å². The van der Waals surface area contributed by atoms with Crippen molar-refractivity contribution in [3.63, 3.8) is 0 Å². The Morgan fingerprint density at radius 2 is 1.06 bits per heavy atom. The molecule has 0 aliphatic heterocycles. The highest BCUT2D eigenvalue weighted by atomic mass is 16.3. The van der Waals surface area contributed by atoms with E-state index >= 15 is 0 Å². The Morgan fingerprint density at radius 1 is 0.472 bits per heavy atom. The smallest absolute Gasteiger partial charge is 0.136 e. The SMILES string of the molecule is [2H]c1c([2H])c([2H])c2c(-c3cc4c(ccc5oc6ccccc6c54)o3)c3c([2H])c([2H])c([2H])c([2H])c3c(-c3ccccc3)c2c1[2H]. The molecule has 0 aliphatic carbocycles. The lowest BCUT2D eigenvalue weighted by molar-refractivity contribution is 0.632. The first-order valence-electron chi connectivity index (χ1n) is 15.5. The quantitative estimate of drug-likeness (QED) is 0.236. The standard InChI is InChI=1S/C34H20O2/c1-2-10-21(11-3-1)32-22-12-4-6-14-24(22)33(25-15-7-5-13-23(25)32)31-20-27-29(36-31)18-19-30-34(27)26-16-8-9-17-28(26)35-30/h1-20H/i4D,5D,6D,7D,12D,13D,14D,15D. The topological polar surface area (TPSA) is 26.3 Å². The summed E-state index contributed by atoms with van der Waals surface area (Å²) >= 11 is 0. The van der Waals surface area contributed by atoms with Gasteiger partial charge in [0, 0.05) is 21.7 Å². The van der Waals surface area contributed by atoms with Crippen LogP contribution < -0.4 is 0 Å². The van der Waals surface area contributed by atoms with Crippen LogP contribution in [0.4, 0.5) is 0 Å². The predicted molar refractivity (Wildman–Crippen MR) is 149 cm³/mol. The highest BCUT2D eigenvalue weighted by molar-refractivity contribution is 6.23. The van der Waals surface area contributed by atoms with Gasteiger partial charge in [0.1, 0.15) is 22.5 Å².